The summed E-state index contributed by atoms with van der Waals surface area (Å²) in [4.78, 5) is 11.3. The van der Waals surface area contributed by atoms with Gasteiger partial charge in [-0.15, -0.1) is 0 Å². The highest BCUT2D eigenvalue weighted by Crippen LogP contribution is 2.30. The van der Waals surface area contributed by atoms with Crippen LogP contribution in [0, 0.1) is 0 Å². The Kier molecular flexibility index (Phi) is 3.85. The molecule has 0 aliphatic carbocycles. The number of carbonyl (C=O) groups excluding carboxylic acids is 1. The average molecular weight is 262 g/mol. The number of halogens is 1. The Bertz CT molecular complexity index is 555. The third kappa shape index (κ3) is 2.81. The largest absolute Gasteiger partial charge is 0.453 e. The smallest absolute Gasteiger partial charge is 0.411 e. The summed E-state index contributed by atoms with van der Waals surface area (Å²) in [6.07, 6.45) is -0.505. The van der Waals surface area contributed by atoms with Crippen molar-refractivity contribution >= 4 is 23.4 Å². The first-order valence-corrected chi connectivity index (χ1v) is 5.78. The number of rotatable bonds is 2. The molecule has 0 atom stereocenters. The Morgan fingerprint density at radius 2 is 1.89 bits per heavy atom. The molecule has 1 N–H and O–H groups in total. The van der Waals surface area contributed by atoms with Crippen LogP contribution in [0.25, 0.3) is 11.1 Å². The summed E-state index contributed by atoms with van der Waals surface area (Å²) in [6.45, 7) is 0. The highest BCUT2D eigenvalue weighted by atomic mass is 35.5. The molecule has 0 aromatic heterocycles. The van der Waals surface area contributed by atoms with Gasteiger partial charge >= 0.3 is 6.09 Å². The van der Waals surface area contributed by atoms with E-state index in [-0.39, 0.29) is 0 Å². The summed E-state index contributed by atoms with van der Waals surface area (Å²) in [5.74, 6) is 0. The van der Waals surface area contributed by atoms with Crippen LogP contribution in [0.1, 0.15) is 0 Å². The number of hydrogen-bond donors (Lipinski definition) is 1. The Hall–Kier alpha value is -2.00. The van der Waals surface area contributed by atoms with Gasteiger partial charge in [-0.2, -0.15) is 0 Å². The van der Waals surface area contributed by atoms with Crippen molar-refractivity contribution in [3.05, 3.63) is 53.6 Å². The van der Waals surface area contributed by atoms with E-state index in [1.54, 1.807) is 12.1 Å². The van der Waals surface area contributed by atoms with Gasteiger partial charge in [0.25, 0.3) is 0 Å². The number of amides is 1. The molecule has 1 amide bonds. The number of methoxy groups -OCH3 is 1. The molecule has 2 aromatic rings. The average Bonchev–Trinajstić information content (AvgIpc) is 2.41. The van der Waals surface area contributed by atoms with Crippen LogP contribution >= 0.6 is 11.6 Å². The Balaban J connectivity index is 2.44. The zero-order valence-electron chi connectivity index (χ0n) is 9.81. The van der Waals surface area contributed by atoms with Crippen LogP contribution in [0.4, 0.5) is 10.5 Å². The predicted molar refractivity (Wildman–Crippen MR) is 72.9 cm³/mol. The van der Waals surface area contributed by atoms with Crippen LogP contribution in [0.15, 0.2) is 48.5 Å². The molecule has 92 valence electrons. The van der Waals surface area contributed by atoms with E-state index in [9.17, 15) is 4.79 Å². The SMILES string of the molecule is COC(=O)Nc1ccc(Cl)cc1-c1ccccc1. The van der Waals surface area contributed by atoms with Crippen LogP contribution < -0.4 is 5.32 Å². The van der Waals surface area contributed by atoms with Gasteiger partial charge in [-0.05, 0) is 23.8 Å². The summed E-state index contributed by atoms with van der Waals surface area (Å²) in [5, 5.41) is 3.28. The minimum absolute atomic E-state index is 0.505. The van der Waals surface area contributed by atoms with Gasteiger partial charge in [0.2, 0.25) is 0 Å². The zero-order chi connectivity index (χ0) is 13.0. The molecule has 0 fully saturated rings. The maximum absolute atomic E-state index is 11.3. The summed E-state index contributed by atoms with van der Waals surface area (Å²) in [7, 11) is 1.33. The molecule has 2 rings (SSSR count). The van der Waals surface area contributed by atoms with E-state index >= 15 is 0 Å². The first-order chi connectivity index (χ1) is 8.70. The monoisotopic (exact) mass is 261 g/mol. The summed E-state index contributed by atoms with van der Waals surface area (Å²) in [5.41, 5.74) is 2.50. The van der Waals surface area contributed by atoms with Gasteiger partial charge in [0.05, 0.1) is 12.8 Å². The lowest BCUT2D eigenvalue weighted by Crippen LogP contribution is -2.11. The van der Waals surface area contributed by atoms with Crippen molar-refractivity contribution in [3.8, 4) is 11.1 Å². The topological polar surface area (TPSA) is 38.3 Å². The highest BCUT2D eigenvalue weighted by Gasteiger charge is 2.08. The number of benzene rings is 2. The predicted octanol–water partition coefficient (Wildman–Crippen LogP) is 4.19. The molecule has 0 unspecified atom stereocenters. The second kappa shape index (κ2) is 5.56. The number of nitrogens with one attached hydrogen (secondary N) is 1. The van der Waals surface area contributed by atoms with E-state index in [1.165, 1.54) is 7.11 Å². The van der Waals surface area contributed by atoms with Gasteiger partial charge in [-0.3, -0.25) is 5.32 Å². The van der Waals surface area contributed by atoms with Crippen molar-refractivity contribution in [1.29, 1.82) is 0 Å². The molecule has 0 bridgehead atoms. The van der Waals surface area contributed by atoms with E-state index in [0.717, 1.165) is 11.1 Å². The first-order valence-electron chi connectivity index (χ1n) is 5.40. The van der Waals surface area contributed by atoms with Gasteiger partial charge in [0, 0.05) is 10.6 Å². The zero-order valence-corrected chi connectivity index (χ0v) is 10.6. The van der Waals surface area contributed by atoms with Gasteiger partial charge in [0.15, 0.2) is 0 Å². The molecule has 0 spiro atoms. The van der Waals surface area contributed by atoms with Crippen molar-refractivity contribution in [3.63, 3.8) is 0 Å². The summed E-state index contributed by atoms with van der Waals surface area (Å²) in [6, 6.07) is 15.0. The van der Waals surface area contributed by atoms with E-state index in [1.807, 2.05) is 36.4 Å². The summed E-state index contributed by atoms with van der Waals surface area (Å²) >= 11 is 5.99. The molecule has 3 nitrogen and oxygen atoms in total. The minimum Gasteiger partial charge on any atom is -0.453 e. The molecular formula is C14H12ClNO2. The molecule has 0 aliphatic rings. The standard InChI is InChI=1S/C14H12ClNO2/c1-18-14(17)16-13-8-7-11(15)9-12(13)10-5-3-2-4-6-10/h2-9H,1H3,(H,16,17). The lowest BCUT2D eigenvalue weighted by molar-refractivity contribution is 0.187. The lowest BCUT2D eigenvalue weighted by Gasteiger charge is -2.11. The molecule has 0 radical (unpaired) electrons. The van der Waals surface area contributed by atoms with E-state index in [0.29, 0.717) is 10.7 Å². The number of hydrogen-bond acceptors (Lipinski definition) is 2. The summed E-state index contributed by atoms with van der Waals surface area (Å²) < 4.78 is 4.59. The number of carbonyl (C=O) groups is 1. The highest BCUT2D eigenvalue weighted by molar-refractivity contribution is 6.31. The molecule has 0 aliphatic heterocycles. The Morgan fingerprint density at radius 1 is 1.17 bits per heavy atom. The van der Waals surface area contributed by atoms with Gasteiger partial charge in [0.1, 0.15) is 0 Å². The van der Waals surface area contributed by atoms with E-state index in [2.05, 4.69) is 10.1 Å². The van der Waals surface area contributed by atoms with Crippen LogP contribution in [-0.2, 0) is 4.74 Å². The van der Waals surface area contributed by atoms with Crippen LogP contribution in [0.3, 0.4) is 0 Å². The second-order valence-electron chi connectivity index (χ2n) is 3.67. The minimum atomic E-state index is -0.505. The van der Waals surface area contributed by atoms with Gasteiger partial charge in [-0.25, -0.2) is 4.79 Å². The number of ether oxygens (including phenoxy) is 1. The maximum Gasteiger partial charge on any atom is 0.411 e. The molecule has 4 heteroatoms. The molecular weight excluding hydrogens is 250 g/mol. The van der Waals surface area contributed by atoms with Crippen LogP contribution in [0.2, 0.25) is 5.02 Å². The molecule has 18 heavy (non-hydrogen) atoms. The fourth-order valence-corrected chi connectivity index (χ4v) is 1.82. The van der Waals surface area contributed by atoms with Crippen molar-refractivity contribution in [1.82, 2.24) is 0 Å². The fraction of sp³-hybridized carbons (Fsp3) is 0.0714. The van der Waals surface area contributed by atoms with Crippen molar-refractivity contribution < 1.29 is 9.53 Å². The molecule has 0 saturated carbocycles. The quantitative estimate of drug-likeness (QED) is 0.880. The third-order valence-corrected chi connectivity index (χ3v) is 2.72. The van der Waals surface area contributed by atoms with Crippen molar-refractivity contribution in [2.24, 2.45) is 0 Å². The normalized spacial score (nSPS) is 9.89. The Morgan fingerprint density at radius 3 is 2.56 bits per heavy atom. The maximum atomic E-state index is 11.3. The molecule has 0 saturated heterocycles. The lowest BCUT2D eigenvalue weighted by atomic mass is 10.0. The van der Waals surface area contributed by atoms with Crippen LogP contribution in [0.5, 0.6) is 0 Å². The fourth-order valence-electron chi connectivity index (χ4n) is 1.64. The second-order valence-corrected chi connectivity index (χ2v) is 4.11. The van der Waals surface area contributed by atoms with Gasteiger partial charge in [-0.1, -0.05) is 41.9 Å². The van der Waals surface area contributed by atoms with Crippen LogP contribution in [-0.4, -0.2) is 13.2 Å². The molecule has 0 heterocycles. The van der Waals surface area contributed by atoms with Gasteiger partial charge < -0.3 is 4.74 Å². The van der Waals surface area contributed by atoms with Crippen molar-refractivity contribution in [2.75, 3.05) is 12.4 Å². The van der Waals surface area contributed by atoms with E-state index in [4.69, 9.17) is 11.6 Å². The molecule has 2 aromatic carbocycles. The van der Waals surface area contributed by atoms with Crippen molar-refractivity contribution in [2.45, 2.75) is 0 Å². The Labute approximate surface area is 110 Å². The van der Waals surface area contributed by atoms with E-state index < -0.39 is 6.09 Å². The first kappa shape index (κ1) is 12.5. The number of anilines is 1. The third-order valence-electron chi connectivity index (χ3n) is 2.49.